The van der Waals surface area contributed by atoms with Crippen molar-refractivity contribution in [3.05, 3.63) is 76.5 Å². The van der Waals surface area contributed by atoms with Crippen molar-refractivity contribution in [1.82, 2.24) is 10.6 Å². The number of amides is 2. The standard InChI is InChI=1S/C21H22N2O4/c1-13-7-9-15(10-8-13)12-27-20(24)18-14(2)22-21(25)23-19(18)16-5-4-6-17(11-16)26-3/h4-11,19H,12H2,1-3H3,(H2,22,23,25)/t19-/m0/s1. The lowest BCUT2D eigenvalue weighted by molar-refractivity contribution is -0.140. The van der Waals surface area contributed by atoms with Crippen LogP contribution in [0, 0.1) is 6.92 Å². The van der Waals surface area contributed by atoms with Gasteiger partial charge in [0, 0.05) is 5.70 Å². The van der Waals surface area contributed by atoms with Crippen LogP contribution >= 0.6 is 0 Å². The van der Waals surface area contributed by atoms with Gasteiger partial charge in [0.15, 0.2) is 0 Å². The summed E-state index contributed by atoms with van der Waals surface area (Å²) < 4.78 is 10.8. The molecule has 0 saturated carbocycles. The first kappa shape index (κ1) is 18.5. The van der Waals surface area contributed by atoms with E-state index in [1.165, 1.54) is 0 Å². The average molecular weight is 366 g/mol. The van der Waals surface area contributed by atoms with Crippen LogP contribution in [-0.2, 0) is 16.1 Å². The van der Waals surface area contributed by atoms with Crippen LogP contribution in [0.5, 0.6) is 5.75 Å². The van der Waals surface area contributed by atoms with Crippen molar-refractivity contribution >= 4 is 12.0 Å². The molecule has 0 bridgehead atoms. The Morgan fingerprint density at radius 2 is 1.85 bits per heavy atom. The average Bonchev–Trinajstić information content (AvgIpc) is 2.66. The SMILES string of the molecule is COc1cccc([C@@H]2NC(=O)NC(C)=C2C(=O)OCc2ccc(C)cc2)c1. The number of hydrogen-bond donors (Lipinski definition) is 2. The molecule has 27 heavy (non-hydrogen) atoms. The monoisotopic (exact) mass is 366 g/mol. The summed E-state index contributed by atoms with van der Waals surface area (Å²) in [4.78, 5) is 24.7. The number of urea groups is 1. The van der Waals surface area contributed by atoms with Gasteiger partial charge in [-0.25, -0.2) is 9.59 Å². The molecule has 0 saturated heterocycles. The zero-order valence-corrected chi connectivity index (χ0v) is 15.5. The Balaban J connectivity index is 1.84. The fraction of sp³-hybridized carbons (Fsp3) is 0.238. The number of carbonyl (C=O) groups excluding carboxylic acids is 2. The number of rotatable bonds is 5. The van der Waals surface area contributed by atoms with Crippen LogP contribution in [0.15, 0.2) is 59.8 Å². The van der Waals surface area contributed by atoms with E-state index in [1.807, 2.05) is 43.3 Å². The molecule has 0 radical (unpaired) electrons. The van der Waals surface area contributed by atoms with Gasteiger partial charge >= 0.3 is 12.0 Å². The summed E-state index contributed by atoms with van der Waals surface area (Å²) in [5.74, 6) is 0.165. The molecule has 1 heterocycles. The van der Waals surface area contributed by atoms with Gasteiger partial charge in [0.2, 0.25) is 0 Å². The molecule has 0 aliphatic carbocycles. The number of aryl methyl sites for hydroxylation is 1. The van der Waals surface area contributed by atoms with Crippen LogP contribution in [0.1, 0.15) is 29.7 Å². The van der Waals surface area contributed by atoms with E-state index in [1.54, 1.807) is 26.2 Å². The summed E-state index contributed by atoms with van der Waals surface area (Å²) in [6, 6.07) is 14.0. The van der Waals surface area contributed by atoms with Gasteiger partial charge in [-0.3, -0.25) is 0 Å². The molecule has 6 nitrogen and oxygen atoms in total. The Labute approximate surface area is 158 Å². The van der Waals surface area contributed by atoms with E-state index < -0.39 is 12.0 Å². The molecule has 0 unspecified atom stereocenters. The van der Waals surface area contributed by atoms with Crippen molar-refractivity contribution in [2.75, 3.05) is 7.11 Å². The summed E-state index contributed by atoms with van der Waals surface area (Å²) in [6.45, 7) is 3.85. The van der Waals surface area contributed by atoms with Crippen LogP contribution in [0.2, 0.25) is 0 Å². The molecular weight excluding hydrogens is 344 g/mol. The lowest BCUT2D eigenvalue weighted by Gasteiger charge is -2.28. The maximum absolute atomic E-state index is 12.8. The molecule has 140 valence electrons. The summed E-state index contributed by atoms with van der Waals surface area (Å²) in [5.41, 5.74) is 3.63. The number of esters is 1. The van der Waals surface area contributed by atoms with Crippen LogP contribution in [0.4, 0.5) is 4.79 Å². The second-order valence-electron chi connectivity index (χ2n) is 6.41. The van der Waals surface area contributed by atoms with E-state index in [9.17, 15) is 9.59 Å². The highest BCUT2D eigenvalue weighted by Crippen LogP contribution is 2.29. The lowest BCUT2D eigenvalue weighted by atomic mass is 9.95. The van der Waals surface area contributed by atoms with Crippen molar-refractivity contribution in [1.29, 1.82) is 0 Å². The quantitative estimate of drug-likeness (QED) is 0.796. The highest BCUT2D eigenvalue weighted by molar-refractivity contribution is 5.95. The Morgan fingerprint density at radius 3 is 2.56 bits per heavy atom. The normalized spacial score (nSPS) is 16.4. The highest BCUT2D eigenvalue weighted by Gasteiger charge is 2.32. The zero-order chi connectivity index (χ0) is 19.4. The first-order chi connectivity index (χ1) is 13.0. The number of carbonyl (C=O) groups is 2. The van der Waals surface area contributed by atoms with Gasteiger partial charge in [-0.05, 0) is 37.1 Å². The first-order valence-corrected chi connectivity index (χ1v) is 8.63. The van der Waals surface area contributed by atoms with Gasteiger partial charge in [0.05, 0.1) is 18.7 Å². The molecule has 3 rings (SSSR count). The third-order valence-electron chi connectivity index (χ3n) is 4.41. The summed E-state index contributed by atoms with van der Waals surface area (Å²) in [6.07, 6.45) is 0. The molecule has 2 amide bonds. The molecule has 1 aliphatic heterocycles. The van der Waals surface area contributed by atoms with Crippen molar-refractivity contribution < 1.29 is 19.1 Å². The third-order valence-corrected chi connectivity index (χ3v) is 4.41. The summed E-state index contributed by atoms with van der Waals surface area (Å²) >= 11 is 0. The van der Waals surface area contributed by atoms with E-state index in [-0.39, 0.29) is 12.6 Å². The number of benzene rings is 2. The number of ether oxygens (including phenoxy) is 2. The molecule has 2 N–H and O–H groups in total. The van der Waals surface area contributed by atoms with Crippen LogP contribution in [0.3, 0.4) is 0 Å². The Hall–Kier alpha value is -3.28. The smallest absolute Gasteiger partial charge is 0.338 e. The predicted octanol–water partition coefficient (Wildman–Crippen LogP) is 3.37. The Morgan fingerprint density at radius 1 is 1.11 bits per heavy atom. The number of hydrogen-bond acceptors (Lipinski definition) is 4. The molecular formula is C21H22N2O4. The Bertz CT molecular complexity index is 887. The molecule has 0 aromatic heterocycles. The van der Waals surface area contributed by atoms with Crippen LogP contribution in [0.25, 0.3) is 0 Å². The maximum atomic E-state index is 12.8. The lowest BCUT2D eigenvalue weighted by Crippen LogP contribution is -2.45. The fourth-order valence-electron chi connectivity index (χ4n) is 2.95. The Kier molecular flexibility index (Phi) is 5.45. The van der Waals surface area contributed by atoms with E-state index >= 15 is 0 Å². The van der Waals surface area contributed by atoms with Gasteiger partial charge in [-0.15, -0.1) is 0 Å². The second-order valence-corrected chi connectivity index (χ2v) is 6.41. The summed E-state index contributed by atoms with van der Waals surface area (Å²) in [5, 5.41) is 5.43. The van der Waals surface area contributed by atoms with E-state index in [0.29, 0.717) is 17.0 Å². The van der Waals surface area contributed by atoms with Crippen LogP contribution in [-0.4, -0.2) is 19.1 Å². The van der Waals surface area contributed by atoms with Gasteiger partial charge in [-0.2, -0.15) is 0 Å². The van der Waals surface area contributed by atoms with Gasteiger partial charge < -0.3 is 20.1 Å². The second kappa shape index (κ2) is 7.95. The fourth-order valence-corrected chi connectivity index (χ4v) is 2.95. The minimum absolute atomic E-state index is 0.161. The van der Waals surface area contributed by atoms with E-state index in [2.05, 4.69) is 10.6 Å². The molecule has 6 heteroatoms. The topological polar surface area (TPSA) is 76.7 Å². The maximum Gasteiger partial charge on any atom is 0.338 e. The number of nitrogens with one attached hydrogen (secondary N) is 2. The molecule has 2 aromatic carbocycles. The third kappa shape index (κ3) is 4.28. The van der Waals surface area contributed by atoms with Gasteiger partial charge in [0.25, 0.3) is 0 Å². The van der Waals surface area contributed by atoms with Gasteiger partial charge in [0.1, 0.15) is 12.4 Å². The van der Waals surface area contributed by atoms with Crippen LogP contribution < -0.4 is 15.4 Å². The molecule has 0 fully saturated rings. The summed E-state index contributed by atoms with van der Waals surface area (Å²) in [7, 11) is 1.57. The molecule has 1 aliphatic rings. The van der Waals surface area contributed by atoms with Crippen molar-refractivity contribution in [3.63, 3.8) is 0 Å². The zero-order valence-electron chi connectivity index (χ0n) is 15.5. The molecule has 1 atom stereocenters. The van der Waals surface area contributed by atoms with E-state index in [0.717, 1.165) is 16.7 Å². The first-order valence-electron chi connectivity index (χ1n) is 8.63. The largest absolute Gasteiger partial charge is 0.497 e. The highest BCUT2D eigenvalue weighted by atomic mass is 16.5. The van der Waals surface area contributed by atoms with Crippen molar-refractivity contribution in [2.24, 2.45) is 0 Å². The van der Waals surface area contributed by atoms with E-state index in [4.69, 9.17) is 9.47 Å². The number of methoxy groups -OCH3 is 1. The minimum Gasteiger partial charge on any atom is -0.497 e. The predicted molar refractivity (Wildman–Crippen MR) is 101 cm³/mol. The van der Waals surface area contributed by atoms with Crippen molar-refractivity contribution in [3.8, 4) is 5.75 Å². The number of allylic oxidation sites excluding steroid dienone is 1. The molecule has 2 aromatic rings. The van der Waals surface area contributed by atoms with Gasteiger partial charge in [-0.1, -0.05) is 42.0 Å². The molecule has 0 spiro atoms. The minimum atomic E-state index is -0.612. The van der Waals surface area contributed by atoms with Crippen molar-refractivity contribution in [2.45, 2.75) is 26.5 Å².